The summed E-state index contributed by atoms with van der Waals surface area (Å²) in [5.74, 6) is 1.77. The zero-order chi connectivity index (χ0) is 23.6. The number of aromatic nitrogens is 1. The van der Waals surface area contributed by atoms with Gasteiger partial charge in [0.05, 0.1) is 16.3 Å². The van der Waals surface area contributed by atoms with Crippen LogP contribution >= 0.6 is 0 Å². The molecule has 1 amide bonds. The van der Waals surface area contributed by atoms with Crippen LogP contribution in [0.5, 0.6) is 0 Å². The van der Waals surface area contributed by atoms with Gasteiger partial charge in [-0.2, -0.15) is 0 Å². The number of aryl methyl sites for hydroxylation is 1. The number of sulfone groups is 1. The fraction of sp³-hybridized carbons (Fsp3) is 0.292. The number of carbonyl (C=O) groups is 1. The van der Waals surface area contributed by atoms with E-state index >= 15 is 0 Å². The molecule has 4 rings (SSSR count). The van der Waals surface area contributed by atoms with Gasteiger partial charge in [0.2, 0.25) is 0 Å². The Balaban J connectivity index is 1.39. The third-order valence-electron chi connectivity index (χ3n) is 5.47. The van der Waals surface area contributed by atoms with Gasteiger partial charge in [0, 0.05) is 25.1 Å². The highest BCUT2D eigenvalue weighted by molar-refractivity contribution is 7.91. The molecule has 2 N–H and O–H groups in total. The van der Waals surface area contributed by atoms with E-state index in [4.69, 9.17) is 10.3 Å². The van der Waals surface area contributed by atoms with Crippen molar-refractivity contribution in [2.45, 2.75) is 31.1 Å². The molecule has 9 heteroatoms. The Labute approximate surface area is 193 Å². The SMILES string of the molecule is Cc1cc(N(C)C(=O)c2ccc(N=C(N)Cc3ccc(S(=O)(=O)CC4CC4)cc3)cc2)no1. The Morgan fingerprint density at radius 1 is 1.15 bits per heavy atom. The number of benzene rings is 2. The molecule has 0 bridgehead atoms. The predicted octanol–water partition coefficient (Wildman–Crippen LogP) is 3.67. The standard InChI is InChI=1S/C24H26N4O4S/c1-16-13-23(27-32-16)28(2)24(29)19-7-9-20(10-8-19)26-22(25)14-17-5-11-21(12-6-17)33(30,31)15-18-3-4-18/h5-13,18H,3-4,14-15H2,1-2H3,(H2,25,26). The Morgan fingerprint density at radius 2 is 1.82 bits per heavy atom. The quantitative estimate of drug-likeness (QED) is 0.400. The summed E-state index contributed by atoms with van der Waals surface area (Å²) < 4.78 is 29.8. The van der Waals surface area contributed by atoms with Crippen LogP contribution in [-0.2, 0) is 16.3 Å². The zero-order valence-electron chi connectivity index (χ0n) is 18.6. The third-order valence-corrected chi connectivity index (χ3v) is 7.37. The molecule has 1 aliphatic carbocycles. The maximum Gasteiger partial charge on any atom is 0.259 e. The summed E-state index contributed by atoms with van der Waals surface area (Å²) in [6.45, 7) is 1.76. The van der Waals surface area contributed by atoms with Crippen molar-refractivity contribution >= 4 is 33.1 Å². The van der Waals surface area contributed by atoms with Crippen LogP contribution in [0.15, 0.2) is 69.0 Å². The maximum absolute atomic E-state index is 12.6. The van der Waals surface area contributed by atoms with E-state index in [9.17, 15) is 13.2 Å². The topological polar surface area (TPSA) is 119 Å². The van der Waals surface area contributed by atoms with E-state index in [2.05, 4.69) is 10.1 Å². The van der Waals surface area contributed by atoms with Gasteiger partial charge in [-0.25, -0.2) is 13.4 Å². The smallest absolute Gasteiger partial charge is 0.259 e. The number of carbonyl (C=O) groups excluding carboxylic acids is 1. The van der Waals surface area contributed by atoms with E-state index in [1.807, 2.05) is 0 Å². The summed E-state index contributed by atoms with van der Waals surface area (Å²) in [7, 11) is -1.60. The number of nitrogens with two attached hydrogens (primary N) is 1. The molecule has 1 aromatic heterocycles. The van der Waals surface area contributed by atoms with Crippen LogP contribution in [0.1, 0.15) is 34.5 Å². The predicted molar refractivity (Wildman–Crippen MR) is 127 cm³/mol. The molecule has 1 fully saturated rings. The summed E-state index contributed by atoms with van der Waals surface area (Å²) in [5.41, 5.74) is 8.07. The highest BCUT2D eigenvalue weighted by atomic mass is 32.2. The van der Waals surface area contributed by atoms with Crippen molar-refractivity contribution in [1.29, 1.82) is 0 Å². The summed E-state index contributed by atoms with van der Waals surface area (Å²) >= 11 is 0. The van der Waals surface area contributed by atoms with Crippen LogP contribution in [0.25, 0.3) is 0 Å². The highest BCUT2D eigenvalue weighted by Gasteiger charge is 2.28. The van der Waals surface area contributed by atoms with Gasteiger partial charge in [0.1, 0.15) is 11.6 Å². The van der Waals surface area contributed by atoms with Crippen LogP contribution in [0.2, 0.25) is 0 Å². The largest absolute Gasteiger partial charge is 0.387 e. The molecule has 0 atom stereocenters. The first kappa shape index (κ1) is 22.7. The molecule has 0 spiro atoms. The molecule has 1 aliphatic rings. The molecule has 8 nitrogen and oxygen atoms in total. The van der Waals surface area contributed by atoms with Crippen LogP contribution in [0, 0.1) is 12.8 Å². The first-order valence-corrected chi connectivity index (χ1v) is 12.3. The second-order valence-corrected chi connectivity index (χ2v) is 10.4. The van der Waals surface area contributed by atoms with Crippen molar-refractivity contribution in [2.24, 2.45) is 16.6 Å². The molecule has 33 heavy (non-hydrogen) atoms. The van der Waals surface area contributed by atoms with E-state index < -0.39 is 9.84 Å². The number of hydrogen-bond acceptors (Lipinski definition) is 6. The maximum atomic E-state index is 12.6. The number of aliphatic imine (C=N–C) groups is 1. The van der Waals surface area contributed by atoms with Crippen LogP contribution in [-0.4, -0.2) is 38.1 Å². The minimum absolute atomic E-state index is 0.219. The molecular formula is C24H26N4O4S. The number of rotatable bonds is 8. The van der Waals surface area contributed by atoms with Crippen LogP contribution in [0.4, 0.5) is 11.5 Å². The van der Waals surface area contributed by atoms with Crippen LogP contribution < -0.4 is 10.6 Å². The Kier molecular flexibility index (Phi) is 6.33. The first-order valence-electron chi connectivity index (χ1n) is 10.7. The molecule has 0 saturated heterocycles. The molecule has 172 valence electrons. The van der Waals surface area contributed by atoms with Gasteiger partial charge in [-0.15, -0.1) is 0 Å². The molecule has 3 aromatic rings. The van der Waals surface area contributed by atoms with Crippen molar-refractivity contribution in [3.8, 4) is 0 Å². The lowest BCUT2D eigenvalue weighted by Gasteiger charge is -2.13. The van der Waals surface area contributed by atoms with Crippen molar-refractivity contribution in [3.63, 3.8) is 0 Å². The monoisotopic (exact) mass is 466 g/mol. The minimum atomic E-state index is -3.23. The lowest BCUT2D eigenvalue weighted by atomic mass is 10.1. The van der Waals surface area contributed by atoms with Gasteiger partial charge < -0.3 is 10.3 Å². The van der Waals surface area contributed by atoms with Gasteiger partial charge in [0.25, 0.3) is 5.91 Å². The normalized spacial score (nSPS) is 14.3. The van der Waals surface area contributed by atoms with E-state index in [1.165, 1.54) is 4.90 Å². The van der Waals surface area contributed by atoms with E-state index in [1.54, 1.807) is 68.6 Å². The molecule has 1 heterocycles. The number of amides is 1. The summed E-state index contributed by atoms with van der Waals surface area (Å²) in [6.07, 6.45) is 2.38. The highest BCUT2D eigenvalue weighted by Crippen LogP contribution is 2.32. The van der Waals surface area contributed by atoms with Crippen molar-refractivity contribution in [2.75, 3.05) is 17.7 Å². The minimum Gasteiger partial charge on any atom is -0.387 e. The fourth-order valence-corrected chi connectivity index (χ4v) is 5.10. The van der Waals surface area contributed by atoms with Gasteiger partial charge in [-0.3, -0.25) is 9.69 Å². The molecular weight excluding hydrogens is 440 g/mol. The third kappa shape index (κ3) is 5.67. The Bertz CT molecular complexity index is 1270. The van der Waals surface area contributed by atoms with Crippen LogP contribution in [0.3, 0.4) is 0 Å². The average Bonchev–Trinajstić information content (AvgIpc) is 3.48. The number of nitrogens with zero attached hydrogens (tertiary/aromatic N) is 3. The summed E-state index contributed by atoms with van der Waals surface area (Å²) in [5, 5.41) is 3.85. The first-order chi connectivity index (χ1) is 15.7. The van der Waals surface area contributed by atoms with Crippen molar-refractivity contribution in [1.82, 2.24) is 5.16 Å². The summed E-state index contributed by atoms with van der Waals surface area (Å²) in [6, 6.07) is 15.3. The zero-order valence-corrected chi connectivity index (χ0v) is 19.4. The molecule has 0 unspecified atom stereocenters. The number of hydrogen-bond donors (Lipinski definition) is 1. The lowest BCUT2D eigenvalue weighted by molar-refractivity contribution is 0.0991. The molecule has 2 aromatic carbocycles. The Hall–Kier alpha value is -3.46. The second kappa shape index (κ2) is 9.19. The van der Waals surface area contributed by atoms with Gasteiger partial charge in [0.15, 0.2) is 15.7 Å². The van der Waals surface area contributed by atoms with Crippen molar-refractivity contribution < 1.29 is 17.7 Å². The van der Waals surface area contributed by atoms with E-state index in [-0.39, 0.29) is 11.7 Å². The molecule has 0 aliphatic heterocycles. The van der Waals surface area contributed by atoms with Gasteiger partial charge in [-0.1, -0.05) is 17.3 Å². The lowest BCUT2D eigenvalue weighted by Crippen LogP contribution is -2.26. The van der Waals surface area contributed by atoms with E-state index in [0.717, 1.165) is 18.4 Å². The summed E-state index contributed by atoms with van der Waals surface area (Å²) in [4.78, 5) is 18.8. The van der Waals surface area contributed by atoms with Gasteiger partial charge >= 0.3 is 0 Å². The second-order valence-electron chi connectivity index (χ2n) is 8.36. The number of amidine groups is 1. The van der Waals surface area contributed by atoms with E-state index in [0.29, 0.717) is 45.9 Å². The van der Waals surface area contributed by atoms with Crippen molar-refractivity contribution in [3.05, 3.63) is 71.5 Å². The Morgan fingerprint density at radius 3 is 2.39 bits per heavy atom. The fourth-order valence-electron chi connectivity index (χ4n) is 3.41. The molecule has 1 saturated carbocycles. The molecule has 0 radical (unpaired) electrons. The van der Waals surface area contributed by atoms with Gasteiger partial charge in [-0.05, 0) is 67.6 Å². The average molecular weight is 467 g/mol. The number of anilines is 1.